The molecule has 106 valence electrons. The Labute approximate surface area is 118 Å². The van der Waals surface area contributed by atoms with E-state index < -0.39 is 17.6 Å². The fourth-order valence-corrected chi connectivity index (χ4v) is 2.09. The maximum atomic E-state index is 13.3. The third-order valence-electron chi connectivity index (χ3n) is 3.11. The number of benzene rings is 2. The van der Waals surface area contributed by atoms with E-state index in [4.69, 9.17) is 4.74 Å². The minimum Gasteiger partial charge on any atom is -0.465 e. The van der Waals surface area contributed by atoms with Gasteiger partial charge in [0.1, 0.15) is 11.3 Å². The molecule has 0 aliphatic carbocycles. The minimum absolute atomic E-state index is 0.306. The predicted molar refractivity (Wildman–Crippen MR) is 72.8 cm³/mol. The van der Waals surface area contributed by atoms with Gasteiger partial charge in [-0.3, -0.25) is 0 Å². The Bertz CT molecular complexity index is 843. The number of imidazole rings is 1. The second kappa shape index (κ2) is 4.97. The maximum Gasteiger partial charge on any atom is 0.340 e. The average Bonchev–Trinajstić information content (AvgIpc) is 2.93. The van der Waals surface area contributed by atoms with Crippen molar-refractivity contribution in [2.45, 2.75) is 0 Å². The first-order chi connectivity index (χ1) is 10.1. The number of aromatic amines is 1. The molecule has 0 amide bonds. The van der Waals surface area contributed by atoms with Gasteiger partial charge >= 0.3 is 5.97 Å². The van der Waals surface area contributed by atoms with Crippen molar-refractivity contribution < 1.29 is 18.3 Å². The number of rotatable bonds is 2. The van der Waals surface area contributed by atoms with E-state index in [-0.39, 0.29) is 0 Å². The van der Waals surface area contributed by atoms with Gasteiger partial charge in [0.25, 0.3) is 0 Å². The molecule has 0 saturated carbocycles. The zero-order valence-corrected chi connectivity index (χ0v) is 11.0. The largest absolute Gasteiger partial charge is 0.465 e. The molecule has 0 spiro atoms. The quantitative estimate of drug-likeness (QED) is 0.736. The molecule has 1 N–H and O–H groups in total. The molecule has 0 radical (unpaired) electrons. The molecule has 3 aromatic rings. The van der Waals surface area contributed by atoms with E-state index in [0.29, 0.717) is 28.0 Å². The second-order valence-corrected chi connectivity index (χ2v) is 4.41. The summed E-state index contributed by atoms with van der Waals surface area (Å²) >= 11 is 0. The second-order valence-electron chi connectivity index (χ2n) is 4.41. The topological polar surface area (TPSA) is 55.0 Å². The lowest BCUT2D eigenvalue weighted by Crippen LogP contribution is -2.01. The van der Waals surface area contributed by atoms with Crippen molar-refractivity contribution in [3.05, 3.63) is 53.6 Å². The number of halogens is 2. The normalized spacial score (nSPS) is 10.8. The zero-order valence-electron chi connectivity index (χ0n) is 11.0. The van der Waals surface area contributed by atoms with Crippen LogP contribution in [0, 0.1) is 11.6 Å². The Kier molecular flexibility index (Phi) is 3.13. The summed E-state index contributed by atoms with van der Waals surface area (Å²) in [5, 5.41) is 0. The summed E-state index contributed by atoms with van der Waals surface area (Å²) in [7, 11) is 1.28. The minimum atomic E-state index is -0.957. The summed E-state index contributed by atoms with van der Waals surface area (Å²) < 4.78 is 31.0. The molecule has 0 aliphatic rings. The third kappa shape index (κ3) is 2.24. The van der Waals surface area contributed by atoms with Crippen LogP contribution in [0.5, 0.6) is 0 Å². The van der Waals surface area contributed by atoms with Gasteiger partial charge < -0.3 is 9.72 Å². The van der Waals surface area contributed by atoms with Crippen molar-refractivity contribution in [2.75, 3.05) is 7.11 Å². The van der Waals surface area contributed by atoms with Crippen molar-refractivity contribution in [3.63, 3.8) is 0 Å². The van der Waals surface area contributed by atoms with Crippen LogP contribution in [0.1, 0.15) is 10.4 Å². The van der Waals surface area contributed by atoms with Gasteiger partial charge in [0.05, 0.1) is 18.2 Å². The molecule has 1 aromatic heterocycles. The predicted octanol–water partition coefficient (Wildman–Crippen LogP) is 3.29. The Balaban J connectivity index is 2.17. The van der Waals surface area contributed by atoms with Gasteiger partial charge in [-0.15, -0.1) is 0 Å². The molecule has 0 bridgehead atoms. The van der Waals surface area contributed by atoms with Crippen molar-refractivity contribution in [2.24, 2.45) is 0 Å². The SMILES string of the molecule is COC(=O)c1cccc2[nH]c(-c3ccc(F)c(F)c3)nc12. The number of nitrogens with one attached hydrogen (secondary N) is 1. The Morgan fingerprint density at radius 2 is 2.00 bits per heavy atom. The highest BCUT2D eigenvalue weighted by Gasteiger charge is 2.15. The summed E-state index contributed by atoms with van der Waals surface area (Å²) in [6, 6.07) is 8.49. The van der Waals surface area contributed by atoms with E-state index in [1.54, 1.807) is 18.2 Å². The summed E-state index contributed by atoms with van der Waals surface area (Å²) in [5.74, 6) is -2.05. The summed E-state index contributed by atoms with van der Waals surface area (Å²) in [5.41, 5.74) is 1.72. The molecule has 6 heteroatoms. The van der Waals surface area contributed by atoms with Gasteiger partial charge in [0, 0.05) is 5.56 Å². The molecule has 0 aliphatic heterocycles. The van der Waals surface area contributed by atoms with Gasteiger partial charge in [-0.25, -0.2) is 18.6 Å². The fourth-order valence-electron chi connectivity index (χ4n) is 2.09. The molecule has 21 heavy (non-hydrogen) atoms. The first-order valence-electron chi connectivity index (χ1n) is 6.12. The van der Waals surface area contributed by atoms with E-state index in [9.17, 15) is 13.6 Å². The van der Waals surface area contributed by atoms with E-state index in [1.165, 1.54) is 13.2 Å². The number of hydrogen-bond acceptors (Lipinski definition) is 3. The van der Waals surface area contributed by atoms with Crippen LogP contribution >= 0.6 is 0 Å². The fraction of sp³-hybridized carbons (Fsp3) is 0.0667. The number of ether oxygens (including phenoxy) is 1. The maximum absolute atomic E-state index is 13.3. The number of esters is 1. The molecule has 0 unspecified atom stereocenters. The zero-order chi connectivity index (χ0) is 15.0. The van der Waals surface area contributed by atoms with Gasteiger partial charge in [-0.2, -0.15) is 0 Å². The molecule has 4 nitrogen and oxygen atoms in total. The number of H-pyrrole nitrogens is 1. The Morgan fingerprint density at radius 3 is 2.71 bits per heavy atom. The first-order valence-corrected chi connectivity index (χ1v) is 6.12. The van der Waals surface area contributed by atoms with Gasteiger partial charge in [-0.05, 0) is 30.3 Å². The van der Waals surface area contributed by atoms with Crippen molar-refractivity contribution in [1.82, 2.24) is 9.97 Å². The molecular formula is C15H10F2N2O2. The highest BCUT2D eigenvalue weighted by Crippen LogP contribution is 2.24. The van der Waals surface area contributed by atoms with Crippen molar-refractivity contribution in [3.8, 4) is 11.4 Å². The third-order valence-corrected chi connectivity index (χ3v) is 3.11. The lowest BCUT2D eigenvalue weighted by Gasteiger charge is -1.98. The van der Waals surface area contributed by atoms with Crippen LogP contribution in [-0.4, -0.2) is 23.0 Å². The molecule has 0 atom stereocenters. The first kappa shape index (κ1) is 13.2. The van der Waals surface area contributed by atoms with Gasteiger partial charge in [0.2, 0.25) is 0 Å². The number of methoxy groups -OCH3 is 1. The van der Waals surface area contributed by atoms with Crippen LogP contribution in [0.15, 0.2) is 36.4 Å². The standard InChI is InChI=1S/C15H10F2N2O2/c1-21-15(20)9-3-2-4-12-13(9)19-14(18-12)8-5-6-10(16)11(17)7-8/h2-7H,1H3,(H,18,19). The summed E-state index contributed by atoms with van der Waals surface area (Å²) in [6.45, 7) is 0. The molecule has 2 aromatic carbocycles. The Hall–Kier alpha value is -2.76. The van der Waals surface area contributed by atoms with Crippen LogP contribution in [0.4, 0.5) is 8.78 Å². The summed E-state index contributed by atoms with van der Waals surface area (Å²) in [4.78, 5) is 18.9. The molecule has 0 fully saturated rings. The monoisotopic (exact) mass is 288 g/mol. The van der Waals surface area contributed by atoms with Crippen LogP contribution in [0.3, 0.4) is 0 Å². The van der Waals surface area contributed by atoms with Crippen molar-refractivity contribution in [1.29, 1.82) is 0 Å². The Morgan fingerprint density at radius 1 is 1.19 bits per heavy atom. The van der Waals surface area contributed by atoms with Crippen LogP contribution < -0.4 is 0 Å². The van der Waals surface area contributed by atoms with E-state index in [2.05, 4.69) is 9.97 Å². The van der Waals surface area contributed by atoms with Crippen LogP contribution in [-0.2, 0) is 4.74 Å². The number of fused-ring (bicyclic) bond motifs is 1. The number of carbonyl (C=O) groups excluding carboxylic acids is 1. The van der Waals surface area contributed by atoms with Gasteiger partial charge in [0.15, 0.2) is 11.6 Å². The van der Waals surface area contributed by atoms with Gasteiger partial charge in [-0.1, -0.05) is 6.07 Å². The van der Waals surface area contributed by atoms with E-state index in [0.717, 1.165) is 12.1 Å². The van der Waals surface area contributed by atoms with Crippen molar-refractivity contribution >= 4 is 17.0 Å². The van der Waals surface area contributed by atoms with E-state index >= 15 is 0 Å². The van der Waals surface area contributed by atoms with Crippen LogP contribution in [0.2, 0.25) is 0 Å². The lowest BCUT2D eigenvalue weighted by molar-refractivity contribution is 0.0603. The summed E-state index contributed by atoms with van der Waals surface area (Å²) in [6.07, 6.45) is 0. The smallest absolute Gasteiger partial charge is 0.340 e. The number of carbonyl (C=O) groups is 1. The highest BCUT2D eigenvalue weighted by atomic mass is 19.2. The van der Waals surface area contributed by atoms with Crippen LogP contribution in [0.25, 0.3) is 22.4 Å². The molecule has 1 heterocycles. The number of hydrogen-bond donors (Lipinski definition) is 1. The average molecular weight is 288 g/mol. The molecule has 0 saturated heterocycles. The molecular weight excluding hydrogens is 278 g/mol. The number of para-hydroxylation sites is 1. The molecule has 3 rings (SSSR count). The number of nitrogens with zero attached hydrogens (tertiary/aromatic N) is 1. The lowest BCUT2D eigenvalue weighted by atomic mass is 10.2. The number of aromatic nitrogens is 2. The van der Waals surface area contributed by atoms with E-state index in [1.807, 2.05) is 0 Å². The highest BCUT2D eigenvalue weighted by molar-refractivity contribution is 6.02.